The molecule has 8 heteroatoms. The Hall–Kier alpha value is -4.33. The van der Waals surface area contributed by atoms with Crippen LogP contribution in [0.5, 0.6) is 11.5 Å². The van der Waals surface area contributed by atoms with Crippen molar-refractivity contribution in [2.24, 2.45) is 0 Å². The first-order valence-electron chi connectivity index (χ1n) is 10.4. The van der Waals surface area contributed by atoms with Crippen LogP contribution in [0.25, 0.3) is 0 Å². The highest BCUT2D eigenvalue weighted by atomic mass is 19.4. The number of nitrogens with one attached hydrogen (secondary N) is 2. The van der Waals surface area contributed by atoms with E-state index in [4.69, 9.17) is 4.74 Å². The summed E-state index contributed by atoms with van der Waals surface area (Å²) in [7, 11) is 0. The van der Waals surface area contributed by atoms with Crippen molar-refractivity contribution in [2.45, 2.75) is 12.7 Å². The van der Waals surface area contributed by atoms with Gasteiger partial charge in [0.25, 0.3) is 5.91 Å². The highest BCUT2D eigenvalue weighted by molar-refractivity contribution is 6.07. The summed E-state index contributed by atoms with van der Waals surface area (Å²) in [4.78, 5) is 17.0. The molecule has 4 aromatic rings. The molecule has 0 fully saturated rings. The topological polar surface area (TPSA) is 63.2 Å². The van der Waals surface area contributed by atoms with E-state index >= 15 is 0 Å². The maximum Gasteiger partial charge on any atom is 0.416 e. The van der Waals surface area contributed by atoms with E-state index in [1.807, 2.05) is 30.3 Å². The van der Waals surface area contributed by atoms with Gasteiger partial charge in [0.1, 0.15) is 17.3 Å². The third-order valence-corrected chi connectivity index (χ3v) is 4.86. The zero-order chi connectivity index (χ0) is 24.0. The Kier molecular flexibility index (Phi) is 6.77. The van der Waals surface area contributed by atoms with Gasteiger partial charge in [0.05, 0.1) is 11.1 Å². The normalized spacial score (nSPS) is 11.0. The Morgan fingerprint density at radius 3 is 2.32 bits per heavy atom. The number of amides is 1. The number of para-hydroxylation sites is 1. The van der Waals surface area contributed by atoms with Crippen LogP contribution in [0.2, 0.25) is 0 Å². The molecule has 1 aromatic heterocycles. The molecule has 0 spiro atoms. The lowest BCUT2D eigenvalue weighted by molar-refractivity contribution is -0.137. The van der Waals surface area contributed by atoms with E-state index in [1.54, 1.807) is 42.5 Å². The van der Waals surface area contributed by atoms with E-state index in [1.165, 1.54) is 12.3 Å². The standard InChI is InChI=1S/C26H20F3N3O2/c27-26(28,29)19-7-4-6-18(16-19)17-31-24-23(10-5-15-30-24)25(33)32-20-11-13-22(14-12-20)34-21-8-2-1-3-9-21/h1-16H,17H2,(H,30,31)(H,32,33). The minimum Gasteiger partial charge on any atom is -0.457 e. The van der Waals surface area contributed by atoms with Gasteiger partial charge >= 0.3 is 6.18 Å². The number of anilines is 2. The van der Waals surface area contributed by atoms with Crippen LogP contribution in [0.4, 0.5) is 24.7 Å². The molecule has 0 aliphatic heterocycles. The molecule has 0 bridgehead atoms. The number of carbonyl (C=O) groups is 1. The number of alkyl halides is 3. The van der Waals surface area contributed by atoms with Crippen LogP contribution in [0.15, 0.2) is 97.2 Å². The van der Waals surface area contributed by atoms with Crippen LogP contribution in [0.1, 0.15) is 21.5 Å². The van der Waals surface area contributed by atoms with E-state index < -0.39 is 17.6 Å². The Labute approximate surface area is 194 Å². The number of aromatic nitrogens is 1. The lowest BCUT2D eigenvalue weighted by Gasteiger charge is -2.13. The lowest BCUT2D eigenvalue weighted by Crippen LogP contribution is -2.16. The number of nitrogens with zero attached hydrogens (tertiary/aromatic N) is 1. The molecule has 2 N–H and O–H groups in total. The summed E-state index contributed by atoms with van der Waals surface area (Å²) in [6, 6.07) is 24.4. The number of ether oxygens (including phenoxy) is 1. The molecule has 0 aliphatic carbocycles. The number of pyridine rings is 1. The molecule has 172 valence electrons. The molecule has 1 amide bonds. The van der Waals surface area contributed by atoms with Crippen molar-refractivity contribution in [3.63, 3.8) is 0 Å². The summed E-state index contributed by atoms with van der Waals surface area (Å²) >= 11 is 0. The van der Waals surface area contributed by atoms with Gasteiger partial charge in [-0.25, -0.2) is 4.98 Å². The SMILES string of the molecule is O=C(Nc1ccc(Oc2ccccc2)cc1)c1cccnc1NCc1cccc(C(F)(F)F)c1. The Morgan fingerprint density at radius 2 is 1.59 bits per heavy atom. The highest BCUT2D eigenvalue weighted by Gasteiger charge is 2.30. The monoisotopic (exact) mass is 463 g/mol. The minimum absolute atomic E-state index is 0.0761. The zero-order valence-corrected chi connectivity index (χ0v) is 17.8. The molecule has 0 saturated carbocycles. The molecule has 0 radical (unpaired) electrons. The number of halogens is 3. The minimum atomic E-state index is -4.42. The van der Waals surface area contributed by atoms with Gasteiger partial charge in [-0.15, -0.1) is 0 Å². The predicted octanol–water partition coefficient (Wildman–Crippen LogP) is 6.76. The summed E-state index contributed by atoms with van der Waals surface area (Å²) in [5, 5.41) is 5.75. The number of carbonyl (C=O) groups excluding carboxylic acids is 1. The van der Waals surface area contributed by atoms with Crippen molar-refractivity contribution in [1.29, 1.82) is 0 Å². The summed E-state index contributed by atoms with van der Waals surface area (Å²) in [6.07, 6.45) is -2.92. The molecule has 3 aromatic carbocycles. The van der Waals surface area contributed by atoms with Crippen LogP contribution >= 0.6 is 0 Å². The van der Waals surface area contributed by atoms with Crippen molar-refractivity contribution in [2.75, 3.05) is 10.6 Å². The molecule has 34 heavy (non-hydrogen) atoms. The van der Waals surface area contributed by atoms with Gasteiger partial charge in [0.15, 0.2) is 0 Å². The van der Waals surface area contributed by atoms with E-state index in [9.17, 15) is 18.0 Å². The highest BCUT2D eigenvalue weighted by Crippen LogP contribution is 2.30. The number of benzene rings is 3. The predicted molar refractivity (Wildman–Crippen MR) is 124 cm³/mol. The van der Waals surface area contributed by atoms with Gasteiger partial charge in [-0.1, -0.05) is 30.3 Å². The lowest BCUT2D eigenvalue weighted by atomic mass is 10.1. The summed E-state index contributed by atoms with van der Waals surface area (Å²) in [5.41, 5.74) is 0.503. The molecule has 5 nitrogen and oxygen atoms in total. The number of hydrogen-bond donors (Lipinski definition) is 2. The van der Waals surface area contributed by atoms with E-state index in [0.29, 0.717) is 22.7 Å². The molecule has 0 saturated heterocycles. The van der Waals surface area contributed by atoms with Crippen molar-refractivity contribution in [1.82, 2.24) is 4.98 Å². The first-order chi connectivity index (χ1) is 16.4. The largest absolute Gasteiger partial charge is 0.457 e. The average molecular weight is 463 g/mol. The fraction of sp³-hybridized carbons (Fsp3) is 0.0769. The molecule has 0 unspecified atom stereocenters. The molecule has 1 heterocycles. The maximum absolute atomic E-state index is 12.9. The van der Waals surface area contributed by atoms with Crippen LogP contribution in [0.3, 0.4) is 0 Å². The van der Waals surface area contributed by atoms with E-state index in [-0.39, 0.29) is 17.9 Å². The van der Waals surface area contributed by atoms with Crippen molar-refractivity contribution >= 4 is 17.4 Å². The van der Waals surface area contributed by atoms with Crippen LogP contribution in [0, 0.1) is 0 Å². The number of rotatable bonds is 7. The quantitative estimate of drug-likeness (QED) is 0.318. The molecule has 0 aliphatic rings. The zero-order valence-electron chi connectivity index (χ0n) is 17.8. The van der Waals surface area contributed by atoms with Crippen LogP contribution in [-0.4, -0.2) is 10.9 Å². The van der Waals surface area contributed by atoms with Gasteiger partial charge in [-0.3, -0.25) is 4.79 Å². The Bertz CT molecular complexity index is 1260. The molecule has 0 atom stereocenters. The van der Waals surface area contributed by atoms with Gasteiger partial charge in [0.2, 0.25) is 0 Å². The fourth-order valence-electron chi connectivity index (χ4n) is 3.20. The second-order valence-corrected chi connectivity index (χ2v) is 7.34. The average Bonchev–Trinajstić information content (AvgIpc) is 2.84. The van der Waals surface area contributed by atoms with Crippen molar-refractivity contribution < 1.29 is 22.7 Å². The third kappa shape index (κ3) is 5.92. The fourth-order valence-corrected chi connectivity index (χ4v) is 3.20. The summed E-state index contributed by atoms with van der Waals surface area (Å²) < 4.78 is 44.6. The Morgan fingerprint density at radius 1 is 0.853 bits per heavy atom. The van der Waals surface area contributed by atoms with Gasteiger partial charge < -0.3 is 15.4 Å². The first-order valence-corrected chi connectivity index (χ1v) is 10.4. The Balaban J connectivity index is 1.41. The van der Waals surface area contributed by atoms with Gasteiger partial charge in [0, 0.05) is 18.4 Å². The maximum atomic E-state index is 12.9. The van der Waals surface area contributed by atoms with Gasteiger partial charge in [-0.2, -0.15) is 13.2 Å². The van der Waals surface area contributed by atoms with Crippen LogP contribution in [-0.2, 0) is 12.7 Å². The first kappa shape index (κ1) is 22.8. The van der Waals surface area contributed by atoms with Crippen molar-refractivity contribution in [3.05, 3.63) is 114 Å². The summed E-state index contributed by atoms with van der Waals surface area (Å²) in [5.74, 6) is 1.18. The molecular weight excluding hydrogens is 443 g/mol. The second-order valence-electron chi connectivity index (χ2n) is 7.34. The van der Waals surface area contributed by atoms with E-state index in [2.05, 4.69) is 15.6 Å². The van der Waals surface area contributed by atoms with Gasteiger partial charge in [-0.05, 0) is 66.2 Å². The second kappa shape index (κ2) is 10.1. The van der Waals surface area contributed by atoms with E-state index in [0.717, 1.165) is 12.1 Å². The molecule has 4 rings (SSSR count). The third-order valence-electron chi connectivity index (χ3n) is 4.86. The summed E-state index contributed by atoms with van der Waals surface area (Å²) in [6.45, 7) is 0.0761. The van der Waals surface area contributed by atoms with Crippen molar-refractivity contribution in [3.8, 4) is 11.5 Å². The molecular formula is C26H20F3N3O2. The van der Waals surface area contributed by atoms with Crippen LogP contribution < -0.4 is 15.4 Å². The number of hydrogen-bond acceptors (Lipinski definition) is 4. The smallest absolute Gasteiger partial charge is 0.416 e.